The number of hydrogen-bond acceptors (Lipinski definition) is 5. The first-order valence-corrected chi connectivity index (χ1v) is 15.6. The maximum absolute atomic E-state index is 9.69. The van der Waals surface area contributed by atoms with Crippen molar-refractivity contribution >= 4 is 0 Å². The number of aliphatic hydroxyl groups is 1. The minimum Gasteiger partial charge on any atom is -0.507 e. The molecule has 0 bridgehead atoms. The van der Waals surface area contributed by atoms with Gasteiger partial charge in [0.05, 0.1) is 6.61 Å². The smallest absolute Gasteiger partial charge is 0.125 e. The van der Waals surface area contributed by atoms with Gasteiger partial charge in [-0.05, 0) is 184 Å². The van der Waals surface area contributed by atoms with Crippen molar-refractivity contribution in [3.8, 4) is 11.5 Å². The summed E-state index contributed by atoms with van der Waals surface area (Å²) in [4.78, 5) is 4.70. The van der Waals surface area contributed by atoms with E-state index >= 15 is 0 Å². The molecule has 42 heavy (non-hydrogen) atoms. The van der Waals surface area contributed by atoms with E-state index in [0.29, 0.717) is 24.2 Å². The largest absolute Gasteiger partial charge is 0.507 e. The molecule has 2 saturated heterocycles. The Labute approximate surface area is 283 Å². The topological polar surface area (TPSA) is 56.2 Å². The molecule has 0 amide bonds. The van der Waals surface area contributed by atoms with Gasteiger partial charge in [0.1, 0.15) is 11.5 Å². The van der Waals surface area contributed by atoms with Gasteiger partial charge in [-0.3, -0.25) is 0 Å². The van der Waals surface area contributed by atoms with Gasteiger partial charge >= 0.3 is 0 Å². The molecule has 2 aromatic rings. The van der Waals surface area contributed by atoms with Crippen LogP contribution in [0, 0.1) is 81.1 Å². The zero-order chi connectivity index (χ0) is 31.0. The molecule has 4 rings (SSSR count). The predicted octanol–water partition coefficient (Wildman–Crippen LogP) is 7.20. The molecule has 5 nitrogen and oxygen atoms in total. The van der Waals surface area contributed by atoms with Gasteiger partial charge in [0.2, 0.25) is 0 Å². The van der Waals surface area contributed by atoms with Crippen molar-refractivity contribution in [2.24, 2.45) is 11.8 Å². The number of ether oxygens (including phenoxy) is 1. The molecule has 1 radical (unpaired) electrons. The Hall–Kier alpha value is -0.976. The molecule has 0 saturated carbocycles. The average Bonchev–Trinajstić information content (AvgIpc) is 2.96. The van der Waals surface area contributed by atoms with Crippen molar-refractivity contribution in [2.75, 3.05) is 53.5 Å². The van der Waals surface area contributed by atoms with Crippen LogP contribution < -0.4 is 4.74 Å². The Balaban J connectivity index is 0.000000342. The number of piperidine rings is 2. The second-order valence-electron chi connectivity index (χ2n) is 13.0. The summed E-state index contributed by atoms with van der Waals surface area (Å²) in [6.45, 7) is 27.0. The van der Waals surface area contributed by atoms with Gasteiger partial charge in [-0.2, -0.15) is 0 Å². The monoisotopic (exact) mass is 657 g/mol. The molecular weight excluding hydrogens is 597 g/mol. The van der Waals surface area contributed by atoms with Crippen LogP contribution >= 0.6 is 0 Å². The third-order valence-corrected chi connectivity index (χ3v) is 10.1. The molecule has 2 N–H and O–H groups in total. The van der Waals surface area contributed by atoms with Crippen molar-refractivity contribution in [1.29, 1.82) is 0 Å². The van der Waals surface area contributed by atoms with Crippen LogP contribution in [0.25, 0.3) is 0 Å². The van der Waals surface area contributed by atoms with Crippen LogP contribution in [-0.2, 0) is 32.7 Å². The summed E-state index contributed by atoms with van der Waals surface area (Å²) >= 11 is 0. The summed E-state index contributed by atoms with van der Waals surface area (Å²) in [7, 11) is 4.32. The van der Waals surface area contributed by atoms with Gasteiger partial charge in [-0.15, -0.1) is 0 Å². The minimum absolute atomic E-state index is 0. The van der Waals surface area contributed by atoms with E-state index in [1.807, 2.05) is 13.8 Å². The molecule has 6 heteroatoms. The summed E-state index contributed by atoms with van der Waals surface area (Å²) in [5.74, 6) is 2.80. The minimum atomic E-state index is 0. The molecule has 2 aliphatic heterocycles. The molecule has 2 aliphatic rings. The Morgan fingerprint density at radius 3 is 1.33 bits per heavy atom. The van der Waals surface area contributed by atoms with E-state index in [9.17, 15) is 5.11 Å². The number of hydrogen-bond donors (Lipinski definition) is 2. The number of aromatic hydroxyl groups is 1. The molecule has 235 valence electrons. The zero-order valence-corrected chi connectivity index (χ0v) is 31.8. The summed E-state index contributed by atoms with van der Waals surface area (Å²) in [5.41, 5.74) is 12.5. The van der Waals surface area contributed by atoms with Crippen LogP contribution in [0.1, 0.15) is 81.3 Å². The third kappa shape index (κ3) is 10.3. The molecule has 2 aromatic carbocycles. The van der Waals surface area contributed by atoms with Crippen LogP contribution in [0.2, 0.25) is 0 Å². The van der Waals surface area contributed by atoms with E-state index in [4.69, 9.17) is 9.84 Å². The van der Waals surface area contributed by atoms with Crippen LogP contribution in [-0.4, -0.2) is 73.5 Å². The SMILES string of the molecule is CN1CCCC(CO)C1.Cc1c(C)c(C)c(O)c(C)c1C.Cc1c(C)c(C)c(OCC2CCCN(C)C2)c(C)c1C.[Y]. The number of aliphatic hydroxyl groups excluding tert-OH is 1. The number of benzene rings is 2. The molecule has 2 heterocycles. The molecular formula is C36H60N2O3Y. The van der Waals surface area contributed by atoms with Crippen molar-refractivity contribution < 1.29 is 47.7 Å². The first-order chi connectivity index (χ1) is 19.2. The maximum atomic E-state index is 9.69. The standard InChI is InChI=1S/C18H29NO.C11H16O.C7H15NO.Y/c1-12-13(2)15(4)18(16(5)14(12)3)20-11-17-8-7-9-19(6)10-17;1-6-7(2)9(4)11(12)10(5)8(6)3;1-8-4-2-3-7(5-8)6-9;/h17H,7-11H2,1-6H3;12H,1-5H3;7,9H,2-6H2,1H3;. The summed E-state index contributed by atoms with van der Waals surface area (Å²) < 4.78 is 6.25. The van der Waals surface area contributed by atoms with Crippen LogP contribution in [0.3, 0.4) is 0 Å². The van der Waals surface area contributed by atoms with Crippen LogP contribution in [0.5, 0.6) is 11.5 Å². The van der Waals surface area contributed by atoms with Crippen molar-refractivity contribution in [1.82, 2.24) is 9.80 Å². The average molecular weight is 658 g/mol. The van der Waals surface area contributed by atoms with Gasteiger partial charge < -0.3 is 24.7 Å². The molecule has 2 unspecified atom stereocenters. The normalized spacial score (nSPS) is 19.2. The number of likely N-dealkylation sites (tertiary alicyclic amines) is 2. The van der Waals surface area contributed by atoms with Crippen molar-refractivity contribution in [2.45, 2.75) is 94.9 Å². The fraction of sp³-hybridized carbons (Fsp3) is 0.667. The maximum Gasteiger partial charge on any atom is 0.125 e. The molecule has 2 atom stereocenters. The molecule has 2 fully saturated rings. The van der Waals surface area contributed by atoms with Gasteiger partial charge in [0.15, 0.2) is 0 Å². The second-order valence-corrected chi connectivity index (χ2v) is 13.0. The van der Waals surface area contributed by atoms with Gasteiger partial charge in [-0.1, -0.05) is 0 Å². The Kier molecular flexibility index (Phi) is 16.8. The third-order valence-electron chi connectivity index (χ3n) is 10.1. The molecule has 0 aromatic heterocycles. The fourth-order valence-corrected chi connectivity index (χ4v) is 6.20. The quantitative estimate of drug-likeness (QED) is 0.364. The first kappa shape index (κ1) is 39.0. The summed E-state index contributed by atoms with van der Waals surface area (Å²) in [6, 6.07) is 0. The predicted molar refractivity (Wildman–Crippen MR) is 175 cm³/mol. The van der Waals surface area contributed by atoms with Gasteiger partial charge in [-0.25, -0.2) is 0 Å². The second kappa shape index (κ2) is 18.1. The zero-order valence-electron chi connectivity index (χ0n) is 29.0. The summed E-state index contributed by atoms with van der Waals surface area (Å²) in [6.07, 6.45) is 5.06. The Morgan fingerprint density at radius 2 is 0.952 bits per heavy atom. The first-order valence-electron chi connectivity index (χ1n) is 15.6. The number of phenolic OH excluding ortho intramolecular Hbond substituents is 1. The Bertz CT molecular complexity index is 1030. The van der Waals surface area contributed by atoms with Crippen LogP contribution in [0.4, 0.5) is 0 Å². The van der Waals surface area contributed by atoms with E-state index in [0.717, 1.165) is 30.0 Å². The van der Waals surface area contributed by atoms with Crippen molar-refractivity contribution in [3.63, 3.8) is 0 Å². The van der Waals surface area contributed by atoms with E-state index in [-0.39, 0.29) is 32.7 Å². The molecule has 0 spiro atoms. The number of phenols is 1. The van der Waals surface area contributed by atoms with Crippen LogP contribution in [0.15, 0.2) is 0 Å². The van der Waals surface area contributed by atoms with Crippen molar-refractivity contribution in [3.05, 3.63) is 55.6 Å². The van der Waals surface area contributed by atoms with E-state index in [2.05, 4.69) is 79.3 Å². The van der Waals surface area contributed by atoms with Gasteiger partial charge in [0, 0.05) is 58.3 Å². The molecule has 0 aliphatic carbocycles. The Morgan fingerprint density at radius 1 is 0.595 bits per heavy atom. The van der Waals surface area contributed by atoms with E-state index in [1.165, 1.54) is 89.8 Å². The number of rotatable bonds is 4. The summed E-state index contributed by atoms with van der Waals surface area (Å²) in [5, 5.41) is 18.5. The van der Waals surface area contributed by atoms with E-state index in [1.54, 1.807) is 0 Å². The van der Waals surface area contributed by atoms with E-state index < -0.39 is 0 Å². The van der Waals surface area contributed by atoms with Gasteiger partial charge in [0.25, 0.3) is 0 Å². The number of nitrogens with zero attached hydrogens (tertiary/aromatic N) is 2. The fourth-order valence-electron chi connectivity index (χ4n) is 6.20.